The van der Waals surface area contributed by atoms with E-state index in [0.29, 0.717) is 13.0 Å². The zero-order valence-corrected chi connectivity index (χ0v) is 19.3. The SMILES string of the molecule is CC(C)(CC(=O)N1CCC(C)(C(=O)O)C1)NC(=O)OCC1c2ccccc2-c2ccccc21. The second-order valence-corrected chi connectivity index (χ2v) is 9.94. The van der Waals surface area contributed by atoms with Crippen molar-refractivity contribution in [3.05, 3.63) is 59.7 Å². The first-order valence-corrected chi connectivity index (χ1v) is 11.2. The van der Waals surface area contributed by atoms with Gasteiger partial charge in [0.05, 0.1) is 5.41 Å². The first-order chi connectivity index (χ1) is 15.6. The topological polar surface area (TPSA) is 95.9 Å². The van der Waals surface area contributed by atoms with Crippen LogP contribution in [0.3, 0.4) is 0 Å². The van der Waals surface area contributed by atoms with Gasteiger partial charge in [-0.05, 0) is 49.4 Å². The van der Waals surface area contributed by atoms with Gasteiger partial charge >= 0.3 is 12.1 Å². The normalized spacial score (nSPS) is 19.7. The van der Waals surface area contributed by atoms with E-state index in [1.807, 2.05) is 24.3 Å². The van der Waals surface area contributed by atoms with Crippen LogP contribution in [0.4, 0.5) is 4.79 Å². The number of alkyl carbamates (subject to hydrolysis) is 1. The molecule has 2 N–H and O–H groups in total. The van der Waals surface area contributed by atoms with Gasteiger partial charge in [-0.1, -0.05) is 48.5 Å². The van der Waals surface area contributed by atoms with Gasteiger partial charge in [0.25, 0.3) is 0 Å². The van der Waals surface area contributed by atoms with E-state index >= 15 is 0 Å². The predicted molar refractivity (Wildman–Crippen MR) is 124 cm³/mol. The van der Waals surface area contributed by atoms with Crippen LogP contribution in [-0.4, -0.2) is 53.2 Å². The van der Waals surface area contributed by atoms with E-state index in [0.717, 1.165) is 22.3 Å². The molecule has 1 unspecified atom stereocenters. The van der Waals surface area contributed by atoms with E-state index < -0.39 is 23.0 Å². The van der Waals surface area contributed by atoms with Gasteiger partial charge in [-0.3, -0.25) is 9.59 Å². The van der Waals surface area contributed by atoms with Crippen LogP contribution in [0.25, 0.3) is 11.1 Å². The van der Waals surface area contributed by atoms with Crippen LogP contribution < -0.4 is 5.32 Å². The van der Waals surface area contributed by atoms with Crippen molar-refractivity contribution in [2.24, 2.45) is 5.41 Å². The number of rotatable bonds is 6. The van der Waals surface area contributed by atoms with Crippen molar-refractivity contribution in [3.8, 4) is 11.1 Å². The molecule has 0 aromatic heterocycles. The number of hydrogen-bond acceptors (Lipinski definition) is 4. The van der Waals surface area contributed by atoms with Crippen LogP contribution in [-0.2, 0) is 14.3 Å². The van der Waals surface area contributed by atoms with Crippen LogP contribution in [0.1, 0.15) is 50.7 Å². The summed E-state index contributed by atoms with van der Waals surface area (Å²) in [7, 11) is 0. The number of nitrogens with one attached hydrogen (secondary N) is 1. The first kappa shape index (κ1) is 22.8. The van der Waals surface area contributed by atoms with E-state index in [-0.39, 0.29) is 31.4 Å². The fraction of sp³-hybridized carbons (Fsp3) is 0.423. The first-order valence-electron chi connectivity index (χ1n) is 11.2. The fourth-order valence-electron chi connectivity index (χ4n) is 4.79. The summed E-state index contributed by atoms with van der Waals surface area (Å²) in [5, 5.41) is 12.2. The van der Waals surface area contributed by atoms with Gasteiger partial charge in [-0.2, -0.15) is 0 Å². The number of nitrogens with zero attached hydrogens (tertiary/aromatic N) is 1. The number of ether oxygens (including phenoxy) is 1. The van der Waals surface area contributed by atoms with Crippen molar-refractivity contribution in [3.63, 3.8) is 0 Å². The lowest BCUT2D eigenvalue weighted by Gasteiger charge is -2.28. The molecule has 7 heteroatoms. The molecule has 4 rings (SSSR count). The Bertz CT molecular complexity index is 1050. The molecule has 2 aliphatic rings. The number of carboxylic acid groups (broad SMARTS) is 1. The lowest BCUT2D eigenvalue weighted by Crippen LogP contribution is -2.48. The van der Waals surface area contributed by atoms with Crippen LogP contribution >= 0.6 is 0 Å². The molecule has 2 aromatic rings. The summed E-state index contributed by atoms with van der Waals surface area (Å²) in [5.74, 6) is -1.11. The Hall–Kier alpha value is -3.35. The van der Waals surface area contributed by atoms with E-state index in [2.05, 4.69) is 29.6 Å². The second-order valence-electron chi connectivity index (χ2n) is 9.94. The van der Waals surface area contributed by atoms with Crippen LogP contribution in [0, 0.1) is 5.41 Å². The maximum absolute atomic E-state index is 12.7. The van der Waals surface area contributed by atoms with Crippen molar-refractivity contribution in [1.82, 2.24) is 10.2 Å². The molecule has 1 aliphatic carbocycles. The Morgan fingerprint density at radius 2 is 1.67 bits per heavy atom. The van der Waals surface area contributed by atoms with Gasteiger partial charge < -0.3 is 20.1 Å². The van der Waals surface area contributed by atoms with Crippen molar-refractivity contribution in [2.75, 3.05) is 19.7 Å². The zero-order valence-electron chi connectivity index (χ0n) is 19.3. The number of carboxylic acids is 1. The maximum Gasteiger partial charge on any atom is 0.407 e. The summed E-state index contributed by atoms with van der Waals surface area (Å²) >= 11 is 0. The third-order valence-electron chi connectivity index (χ3n) is 6.72. The van der Waals surface area contributed by atoms with Gasteiger partial charge in [0.15, 0.2) is 0 Å². The summed E-state index contributed by atoms with van der Waals surface area (Å²) in [6.45, 7) is 5.97. The molecular weight excluding hydrogens is 420 g/mol. The molecule has 2 amide bonds. The lowest BCUT2D eigenvalue weighted by molar-refractivity contribution is -0.147. The number of fused-ring (bicyclic) bond motifs is 3. The number of aliphatic carboxylic acids is 1. The molecule has 2 aromatic carbocycles. The molecule has 1 aliphatic heterocycles. The minimum atomic E-state index is -0.917. The van der Waals surface area contributed by atoms with Gasteiger partial charge in [0.2, 0.25) is 5.91 Å². The molecule has 7 nitrogen and oxygen atoms in total. The van der Waals surface area contributed by atoms with Crippen LogP contribution in [0.15, 0.2) is 48.5 Å². The number of hydrogen-bond donors (Lipinski definition) is 2. The van der Waals surface area contributed by atoms with Crippen molar-refractivity contribution >= 4 is 18.0 Å². The van der Waals surface area contributed by atoms with Crippen LogP contribution in [0.5, 0.6) is 0 Å². The van der Waals surface area contributed by atoms with E-state index in [4.69, 9.17) is 4.74 Å². The summed E-state index contributed by atoms with van der Waals surface area (Å²) < 4.78 is 5.59. The Labute approximate surface area is 193 Å². The Balaban J connectivity index is 1.34. The third kappa shape index (κ3) is 4.58. The molecule has 1 atom stereocenters. The Kier molecular flexibility index (Phi) is 5.91. The van der Waals surface area contributed by atoms with Gasteiger partial charge in [-0.25, -0.2) is 4.79 Å². The smallest absolute Gasteiger partial charge is 0.407 e. The number of amides is 2. The van der Waals surface area contributed by atoms with E-state index in [1.165, 1.54) is 0 Å². The maximum atomic E-state index is 12.7. The molecule has 0 saturated carbocycles. The molecule has 0 spiro atoms. The molecule has 33 heavy (non-hydrogen) atoms. The predicted octanol–water partition coefficient (Wildman–Crippen LogP) is 4.02. The minimum Gasteiger partial charge on any atom is -0.481 e. The highest BCUT2D eigenvalue weighted by Crippen LogP contribution is 2.44. The van der Waals surface area contributed by atoms with Gasteiger partial charge in [0, 0.05) is 31.0 Å². The second kappa shape index (κ2) is 8.54. The third-order valence-corrected chi connectivity index (χ3v) is 6.72. The molecule has 1 heterocycles. The highest BCUT2D eigenvalue weighted by atomic mass is 16.5. The number of carbonyl (C=O) groups is 3. The fourth-order valence-corrected chi connectivity index (χ4v) is 4.79. The number of benzene rings is 2. The summed E-state index contributed by atoms with van der Waals surface area (Å²) in [6, 6.07) is 16.3. The monoisotopic (exact) mass is 450 g/mol. The number of likely N-dealkylation sites (tertiary alicyclic amines) is 1. The minimum absolute atomic E-state index is 0.0359. The summed E-state index contributed by atoms with van der Waals surface area (Å²) in [6.07, 6.45) is -0.0900. The Morgan fingerprint density at radius 3 is 2.21 bits per heavy atom. The average molecular weight is 451 g/mol. The quantitative estimate of drug-likeness (QED) is 0.693. The lowest BCUT2D eigenvalue weighted by atomic mass is 9.90. The molecule has 0 bridgehead atoms. The molecular formula is C26H30N2O5. The summed E-state index contributed by atoms with van der Waals surface area (Å²) in [5.41, 5.74) is 2.84. The molecule has 174 valence electrons. The van der Waals surface area contributed by atoms with E-state index in [9.17, 15) is 19.5 Å². The van der Waals surface area contributed by atoms with Crippen LogP contribution in [0.2, 0.25) is 0 Å². The zero-order chi connectivity index (χ0) is 23.8. The van der Waals surface area contributed by atoms with Gasteiger partial charge in [0.1, 0.15) is 6.61 Å². The van der Waals surface area contributed by atoms with E-state index in [1.54, 1.807) is 25.7 Å². The average Bonchev–Trinajstić information content (AvgIpc) is 3.31. The Morgan fingerprint density at radius 1 is 1.09 bits per heavy atom. The molecule has 1 saturated heterocycles. The molecule has 0 radical (unpaired) electrons. The standard InChI is InChI=1S/C26H30N2O5/c1-25(2,14-22(29)28-13-12-26(3,16-28)23(30)31)27-24(32)33-15-21-19-10-6-4-8-17(19)18-9-5-7-11-20(18)21/h4-11,21H,12-16H2,1-3H3,(H,27,32)(H,30,31). The highest BCUT2D eigenvalue weighted by Gasteiger charge is 2.43. The van der Waals surface area contributed by atoms with Crippen molar-refractivity contribution < 1.29 is 24.2 Å². The highest BCUT2D eigenvalue weighted by molar-refractivity contribution is 5.82. The van der Waals surface area contributed by atoms with Crippen molar-refractivity contribution in [1.29, 1.82) is 0 Å². The van der Waals surface area contributed by atoms with Crippen molar-refractivity contribution in [2.45, 2.75) is 45.1 Å². The van der Waals surface area contributed by atoms with Gasteiger partial charge in [-0.15, -0.1) is 0 Å². The molecule has 1 fully saturated rings. The largest absolute Gasteiger partial charge is 0.481 e. The summed E-state index contributed by atoms with van der Waals surface area (Å²) in [4.78, 5) is 38.3. The number of carbonyl (C=O) groups excluding carboxylic acids is 2.